The lowest BCUT2D eigenvalue weighted by molar-refractivity contribution is -0.119. The summed E-state index contributed by atoms with van der Waals surface area (Å²) in [5, 5.41) is 0.695. The van der Waals surface area contributed by atoms with Crippen LogP contribution in [0.5, 0.6) is 5.75 Å². The number of carbonyl (C=O) groups excluding carboxylic acids is 8. The van der Waals surface area contributed by atoms with E-state index in [1.54, 1.807) is 7.11 Å². The molecule has 0 bridgehead atoms. The van der Waals surface area contributed by atoms with Crippen LogP contribution in [-0.4, -0.2) is 80.1 Å². The molecule has 4 amide bonds. The van der Waals surface area contributed by atoms with Crippen molar-refractivity contribution in [3.63, 3.8) is 0 Å². The van der Waals surface area contributed by atoms with Crippen molar-refractivity contribution in [2.24, 2.45) is 0 Å². The summed E-state index contributed by atoms with van der Waals surface area (Å²) in [7, 11) is 1.65. The predicted molar refractivity (Wildman–Crippen MR) is 490 cm³/mol. The highest BCUT2D eigenvalue weighted by Gasteiger charge is 2.29. The van der Waals surface area contributed by atoms with Crippen LogP contribution in [-0.2, 0) is 64.1 Å². The topological polar surface area (TPSA) is 159 Å². The number of hydrogen-bond donors (Lipinski definition) is 0. The Bertz CT molecular complexity index is 5720. The van der Waals surface area contributed by atoms with Crippen molar-refractivity contribution in [1.29, 1.82) is 0 Å². The molecule has 4 aliphatic rings. The van der Waals surface area contributed by atoms with Crippen LogP contribution >= 0.6 is 11.6 Å². The second kappa shape index (κ2) is 40.8. The summed E-state index contributed by atoms with van der Waals surface area (Å²) in [6.45, 7) is 14.8. The first-order chi connectivity index (χ1) is 58.7. The Morgan fingerprint density at radius 3 is 0.975 bits per heavy atom. The molecule has 0 saturated heterocycles. The van der Waals surface area contributed by atoms with E-state index in [2.05, 4.69) is 98.8 Å². The third-order valence-electron chi connectivity index (χ3n) is 23.4. The van der Waals surface area contributed by atoms with Gasteiger partial charge in [0.25, 0.3) is 0 Å². The number of anilines is 4. The number of hydrogen-bond acceptors (Lipinski definition) is 9. The van der Waals surface area contributed by atoms with E-state index in [9.17, 15) is 38.4 Å². The van der Waals surface area contributed by atoms with Gasteiger partial charge in [0.2, 0.25) is 23.6 Å². The minimum absolute atomic E-state index is 0.129. The fraction of sp³-hybridized carbons (Fsp3) is 0.252. The molecule has 121 heavy (non-hydrogen) atoms. The molecule has 0 aromatic heterocycles. The van der Waals surface area contributed by atoms with Crippen molar-refractivity contribution in [3.05, 3.63) is 350 Å². The molecule has 4 aliphatic heterocycles. The molecule has 0 aliphatic carbocycles. The van der Waals surface area contributed by atoms with Gasteiger partial charge in [0.05, 0.1) is 7.11 Å². The quantitative estimate of drug-likeness (QED) is 0.0508. The third kappa shape index (κ3) is 21.7. The van der Waals surface area contributed by atoms with E-state index < -0.39 is 0 Å². The molecule has 1 unspecified atom stereocenters. The highest BCUT2D eigenvalue weighted by atomic mass is 35.5. The number of rotatable bonds is 25. The lowest BCUT2D eigenvalue weighted by atomic mass is 9.92. The van der Waals surface area contributed by atoms with Crippen molar-refractivity contribution < 1.29 is 43.1 Å². The second-order valence-corrected chi connectivity index (χ2v) is 31.9. The van der Waals surface area contributed by atoms with Crippen molar-refractivity contribution in [3.8, 4) is 50.3 Å². The van der Waals surface area contributed by atoms with Gasteiger partial charge in [-0.3, -0.25) is 38.4 Å². The van der Waals surface area contributed by atoms with E-state index >= 15 is 0 Å². The smallest absolute Gasteiger partial charge is 0.226 e. The summed E-state index contributed by atoms with van der Waals surface area (Å²) in [5.74, 6) is 2.30. The van der Waals surface area contributed by atoms with E-state index in [1.165, 1.54) is 38.9 Å². The van der Waals surface area contributed by atoms with Gasteiger partial charge in [0, 0.05) is 128 Å². The average molecular weight is 1630 g/mol. The molecule has 12 aromatic carbocycles. The Balaban J connectivity index is 0.000000139. The molecular weight excluding hydrogens is 1520 g/mol. The van der Waals surface area contributed by atoms with Crippen LogP contribution in [0.4, 0.5) is 22.7 Å². The Kier molecular flexibility index (Phi) is 29.1. The molecule has 0 fully saturated rings. The maximum Gasteiger partial charge on any atom is 0.226 e. The van der Waals surface area contributed by atoms with Crippen LogP contribution in [0.15, 0.2) is 273 Å². The van der Waals surface area contributed by atoms with Gasteiger partial charge >= 0.3 is 0 Å². The first kappa shape index (κ1) is 86.1. The van der Waals surface area contributed by atoms with Crippen molar-refractivity contribution in [2.45, 2.75) is 144 Å². The van der Waals surface area contributed by atoms with Crippen molar-refractivity contribution in [1.82, 2.24) is 0 Å². The zero-order valence-electron chi connectivity index (χ0n) is 70.3. The number of ether oxygens (including phenoxy) is 1. The highest BCUT2D eigenvalue weighted by Crippen LogP contribution is 2.39. The maximum atomic E-state index is 12.7. The number of halogens is 1. The standard InChI is InChI=1S/C27H27NO3.2C27H27NO2.C26H24ClNO2/c1-3-27(30)28-16-15-23-18-22(12-13-25(23)28)20-8-10-21(11-9-20)26(29)14-7-19-5-4-6-24(17-19)31-2;1-3-27(30)28-17-16-24-18-23(13-14-25(24)28)21-9-11-22(12-10-21)26(29)15-8-20-6-4-19(2)5-7-20;1-3-27(30)28-16-15-24-18-23(13-14-25(24)28)21-9-11-22(12-10-21)26(29)17-19(2)20-7-5-4-6-8-20;1-2-26(30)28-15-14-22-17-21(11-12-24(22)28)19-7-9-20(10-8-19)25(29)13-6-18-4-3-5-23(27)16-18/h4-6,8-13,17-18H,3,7,14-16H2,1-2H3;4-7,9-14,18H,3,8,15-17H2,1-2H3;4-14,18-19H,3,15-17H2,1-2H3;3-5,7-12,16-17H,2,6,13-15H2,1H3. The van der Waals surface area contributed by atoms with Crippen molar-refractivity contribution >= 4 is 81.1 Å². The molecule has 0 radical (unpaired) electrons. The van der Waals surface area contributed by atoms with Crippen LogP contribution in [0, 0.1) is 6.92 Å². The molecule has 0 spiro atoms. The summed E-state index contributed by atoms with van der Waals surface area (Å²) in [6, 6.07) is 90.5. The van der Waals surface area contributed by atoms with Gasteiger partial charge in [0.15, 0.2) is 23.1 Å². The monoisotopic (exact) mass is 1620 g/mol. The van der Waals surface area contributed by atoms with Crippen LogP contribution in [0.3, 0.4) is 0 Å². The minimum Gasteiger partial charge on any atom is -0.497 e. The molecular formula is C107H105ClN4O9. The SMILES string of the molecule is CCC(=O)N1CCc2cc(-c3ccc(C(=O)CC(C)c4ccccc4)cc3)ccc21.CCC(=O)N1CCc2cc(-c3ccc(C(=O)CCc4ccc(C)cc4)cc3)ccc21.CCC(=O)N1CCc2cc(-c3ccc(C(=O)CCc4cccc(Cl)c4)cc3)ccc21.CCC(=O)N1CCc2cc(-c3ccc(C(=O)CCc4cccc(OC)c4)cc3)ccc21. The third-order valence-corrected chi connectivity index (χ3v) is 23.6. The highest BCUT2D eigenvalue weighted by molar-refractivity contribution is 6.30. The zero-order valence-corrected chi connectivity index (χ0v) is 71.1. The Labute approximate surface area is 717 Å². The Morgan fingerprint density at radius 1 is 0.331 bits per heavy atom. The Hall–Kier alpha value is -12.7. The predicted octanol–water partition coefficient (Wildman–Crippen LogP) is 23.4. The summed E-state index contributed by atoms with van der Waals surface area (Å²) in [6.07, 6.45) is 9.73. The number of Topliss-reactive ketones (excluding diaryl/α,β-unsaturated/α-hetero) is 4. The van der Waals surface area contributed by atoms with Gasteiger partial charge in [-0.25, -0.2) is 0 Å². The molecule has 16 rings (SSSR count). The average Bonchev–Trinajstić information content (AvgIpc) is 1.57. The molecule has 14 heteroatoms. The lowest BCUT2D eigenvalue weighted by Crippen LogP contribution is -2.27. The fourth-order valence-corrected chi connectivity index (χ4v) is 16.5. The zero-order chi connectivity index (χ0) is 85.1. The number of ketones is 4. The van der Waals surface area contributed by atoms with Gasteiger partial charge < -0.3 is 24.3 Å². The van der Waals surface area contributed by atoms with Crippen molar-refractivity contribution in [2.75, 3.05) is 52.9 Å². The summed E-state index contributed by atoms with van der Waals surface area (Å²) >= 11 is 6.01. The summed E-state index contributed by atoms with van der Waals surface area (Å²) < 4.78 is 5.25. The number of aryl methyl sites for hydroxylation is 4. The largest absolute Gasteiger partial charge is 0.497 e. The van der Waals surface area contributed by atoms with Gasteiger partial charge in [-0.1, -0.05) is 252 Å². The van der Waals surface area contributed by atoms with E-state index in [0.29, 0.717) is 69.2 Å². The first-order valence-corrected chi connectivity index (χ1v) is 42.9. The molecule has 12 aromatic rings. The number of methoxy groups -OCH3 is 1. The fourth-order valence-electron chi connectivity index (χ4n) is 16.3. The molecule has 614 valence electrons. The number of benzene rings is 12. The van der Waals surface area contributed by atoms with E-state index in [1.807, 2.05) is 235 Å². The van der Waals surface area contributed by atoms with Crippen LogP contribution in [0.2, 0.25) is 5.02 Å². The van der Waals surface area contributed by atoms with Gasteiger partial charge in [-0.05, 0) is 220 Å². The summed E-state index contributed by atoms with van der Waals surface area (Å²) in [4.78, 5) is 106. The van der Waals surface area contributed by atoms with Gasteiger partial charge in [0.1, 0.15) is 5.75 Å². The van der Waals surface area contributed by atoms with E-state index in [0.717, 1.165) is 165 Å². The molecule has 0 saturated carbocycles. The molecule has 0 N–H and O–H groups in total. The number of carbonyl (C=O) groups is 8. The second-order valence-electron chi connectivity index (χ2n) is 31.5. The van der Waals surface area contributed by atoms with Gasteiger partial charge in [-0.2, -0.15) is 0 Å². The molecule has 13 nitrogen and oxygen atoms in total. The minimum atomic E-state index is 0.129. The maximum absolute atomic E-state index is 12.7. The Morgan fingerprint density at radius 2 is 0.645 bits per heavy atom. The van der Waals surface area contributed by atoms with Crippen LogP contribution in [0.1, 0.15) is 183 Å². The van der Waals surface area contributed by atoms with Gasteiger partial charge in [-0.15, -0.1) is 0 Å². The van der Waals surface area contributed by atoms with Crippen LogP contribution in [0.25, 0.3) is 44.5 Å². The van der Waals surface area contributed by atoms with Crippen LogP contribution < -0.4 is 24.3 Å². The number of amides is 4. The molecule has 1 atom stereocenters. The van der Waals surface area contributed by atoms with E-state index in [-0.39, 0.29) is 52.7 Å². The summed E-state index contributed by atoms with van der Waals surface area (Å²) in [5.41, 5.74) is 26.5. The number of nitrogens with zero attached hydrogens (tertiary/aromatic N) is 4. The van der Waals surface area contributed by atoms with E-state index in [4.69, 9.17) is 16.3 Å². The normalized spacial score (nSPS) is 12.9. The lowest BCUT2D eigenvalue weighted by Gasteiger charge is -2.16. The number of fused-ring (bicyclic) bond motifs is 4. The molecule has 4 heterocycles. The first-order valence-electron chi connectivity index (χ1n) is 42.5.